The Morgan fingerprint density at radius 3 is 2.48 bits per heavy atom. The van der Waals surface area contributed by atoms with Crippen LogP contribution in [0.2, 0.25) is 5.02 Å². The number of ether oxygens (including phenoxy) is 3. The molecule has 0 saturated carbocycles. The van der Waals surface area contributed by atoms with Crippen molar-refractivity contribution in [2.45, 2.75) is 0 Å². The van der Waals surface area contributed by atoms with Gasteiger partial charge in [-0.3, -0.25) is 9.89 Å². The van der Waals surface area contributed by atoms with Gasteiger partial charge in [0.15, 0.2) is 11.5 Å². The highest BCUT2D eigenvalue weighted by molar-refractivity contribution is 6.31. The number of hydrogen-bond acceptors (Lipinski definition) is 6. The van der Waals surface area contributed by atoms with E-state index in [1.807, 2.05) is 12.1 Å². The molecule has 9 heteroatoms. The average molecular weight is 439 g/mol. The lowest BCUT2D eigenvalue weighted by atomic mass is 10.1. The first-order valence-electron chi connectivity index (χ1n) is 9.03. The molecule has 1 amide bonds. The molecule has 2 N–H and O–H groups in total. The molecule has 0 aliphatic rings. The summed E-state index contributed by atoms with van der Waals surface area (Å²) in [6.07, 6.45) is 2.97. The third-order valence-electron chi connectivity index (χ3n) is 4.42. The molecule has 1 aromatic heterocycles. The van der Waals surface area contributed by atoms with Crippen LogP contribution in [-0.2, 0) is 4.79 Å². The van der Waals surface area contributed by atoms with Crippen molar-refractivity contribution >= 4 is 29.3 Å². The molecule has 0 atom stereocenters. The number of halogens is 1. The highest BCUT2D eigenvalue weighted by Gasteiger charge is 2.16. The van der Waals surface area contributed by atoms with E-state index in [-0.39, 0.29) is 5.57 Å². The Morgan fingerprint density at radius 2 is 1.81 bits per heavy atom. The lowest BCUT2D eigenvalue weighted by Gasteiger charge is -2.10. The number of methoxy groups -OCH3 is 3. The van der Waals surface area contributed by atoms with Crippen LogP contribution in [-0.4, -0.2) is 37.4 Å². The maximum absolute atomic E-state index is 12.7. The molecule has 3 rings (SSSR count). The lowest BCUT2D eigenvalue weighted by Crippen LogP contribution is -2.14. The van der Waals surface area contributed by atoms with E-state index >= 15 is 0 Å². The van der Waals surface area contributed by atoms with E-state index in [2.05, 4.69) is 15.5 Å². The van der Waals surface area contributed by atoms with E-state index in [4.69, 9.17) is 25.8 Å². The molecule has 2 aromatic carbocycles. The second-order valence-corrected chi connectivity index (χ2v) is 6.68. The van der Waals surface area contributed by atoms with E-state index < -0.39 is 5.91 Å². The standard InChI is InChI=1S/C22H19ClN4O4/c1-29-18-7-5-16(23)10-17(18)26-22(28)14(11-24)8-15-12-25-27-21(15)13-4-6-19(30-2)20(9-13)31-3/h4-10,12H,1-3H3,(H,25,27)(H,26,28). The van der Waals surface area contributed by atoms with Crippen molar-refractivity contribution in [1.29, 1.82) is 5.26 Å². The van der Waals surface area contributed by atoms with Crippen LogP contribution in [0.1, 0.15) is 5.56 Å². The van der Waals surface area contributed by atoms with E-state index in [0.717, 1.165) is 5.56 Å². The number of aromatic nitrogens is 2. The minimum absolute atomic E-state index is 0.120. The zero-order valence-corrected chi connectivity index (χ0v) is 17.8. The highest BCUT2D eigenvalue weighted by atomic mass is 35.5. The predicted octanol–water partition coefficient (Wildman–Crippen LogP) is 4.30. The molecule has 8 nitrogen and oxygen atoms in total. The summed E-state index contributed by atoms with van der Waals surface area (Å²) >= 11 is 6.00. The number of H-pyrrole nitrogens is 1. The smallest absolute Gasteiger partial charge is 0.266 e. The molecular weight excluding hydrogens is 420 g/mol. The lowest BCUT2D eigenvalue weighted by molar-refractivity contribution is -0.112. The molecule has 0 saturated heterocycles. The van der Waals surface area contributed by atoms with Crippen molar-refractivity contribution in [2.75, 3.05) is 26.6 Å². The summed E-state index contributed by atoms with van der Waals surface area (Å²) in [4.78, 5) is 12.7. The van der Waals surface area contributed by atoms with Gasteiger partial charge >= 0.3 is 0 Å². The van der Waals surface area contributed by atoms with Crippen LogP contribution in [0.25, 0.3) is 17.3 Å². The number of nitriles is 1. The summed E-state index contributed by atoms with van der Waals surface area (Å²) in [5.74, 6) is 0.929. The topological polar surface area (TPSA) is 109 Å². The number of anilines is 1. The molecule has 0 aliphatic carbocycles. The Hall–Kier alpha value is -3.96. The summed E-state index contributed by atoms with van der Waals surface area (Å²) in [6.45, 7) is 0. The fourth-order valence-corrected chi connectivity index (χ4v) is 3.07. The third-order valence-corrected chi connectivity index (χ3v) is 4.65. The van der Waals surface area contributed by atoms with Gasteiger partial charge in [-0.05, 0) is 42.5 Å². The van der Waals surface area contributed by atoms with Crippen molar-refractivity contribution < 1.29 is 19.0 Å². The summed E-state index contributed by atoms with van der Waals surface area (Å²) in [5.41, 5.74) is 2.15. The maximum Gasteiger partial charge on any atom is 0.266 e. The van der Waals surface area contributed by atoms with E-state index in [1.165, 1.54) is 26.5 Å². The van der Waals surface area contributed by atoms with Crippen LogP contribution in [0.4, 0.5) is 5.69 Å². The van der Waals surface area contributed by atoms with Crippen LogP contribution in [0.3, 0.4) is 0 Å². The summed E-state index contributed by atoms with van der Waals surface area (Å²) in [6, 6.07) is 12.1. The zero-order valence-electron chi connectivity index (χ0n) is 17.0. The number of carbonyl (C=O) groups excluding carboxylic acids is 1. The second kappa shape index (κ2) is 9.69. The van der Waals surface area contributed by atoms with Gasteiger partial charge in [-0.15, -0.1) is 0 Å². The van der Waals surface area contributed by atoms with Gasteiger partial charge in [0.2, 0.25) is 0 Å². The Morgan fingerprint density at radius 1 is 1.10 bits per heavy atom. The Bertz CT molecular complexity index is 1180. The second-order valence-electron chi connectivity index (χ2n) is 6.24. The van der Waals surface area contributed by atoms with Crippen molar-refractivity contribution in [3.05, 3.63) is 58.8 Å². The van der Waals surface area contributed by atoms with Crippen LogP contribution < -0.4 is 19.5 Å². The fourth-order valence-electron chi connectivity index (χ4n) is 2.90. The van der Waals surface area contributed by atoms with Crippen molar-refractivity contribution in [3.63, 3.8) is 0 Å². The first-order valence-corrected chi connectivity index (χ1v) is 9.41. The Labute approximate surface area is 184 Å². The third kappa shape index (κ3) is 4.79. The molecule has 1 heterocycles. The number of nitrogens with one attached hydrogen (secondary N) is 2. The number of benzene rings is 2. The van der Waals surface area contributed by atoms with Gasteiger partial charge in [0, 0.05) is 16.1 Å². The number of hydrogen-bond donors (Lipinski definition) is 2. The van der Waals surface area contributed by atoms with Gasteiger partial charge in [0.1, 0.15) is 17.4 Å². The Balaban J connectivity index is 1.93. The predicted molar refractivity (Wildman–Crippen MR) is 117 cm³/mol. The van der Waals surface area contributed by atoms with Crippen molar-refractivity contribution in [3.8, 4) is 34.6 Å². The van der Waals surface area contributed by atoms with Crippen molar-refractivity contribution in [1.82, 2.24) is 10.2 Å². The van der Waals surface area contributed by atoms with Gasteiger partial charge < -0.3 is 19.5 Å². The molecule has 0 bridgehead atoms. The van der Waals surface area contributed by atoms with Crippen LogP contribution in [0.5, 0.6) is 17.2 Å². The molecule has 0 radical (unpaired) electrons. The molecule has 0 fully saturated rings. The first-order chi connectivity index (χ1) is 15.0. The maximum atomic E-state index is 12.7. The zero-order chi connectivity index (χ0) is 22.4. The van der Waals surface area contributed by atoms with E-state index in [0.29, 0.717) is 39.2 Å². The largest absolute Gasteiger partial charge is 0.495 e. The summed E-state index contributed by atoms with van der Waals surface area (Å²) in [5, 5.41) is 19.6. The van der Waals surface area contributed by atoms with E-state index in [9.17, 15) is 10.1 Å². The number of amides is 1. The minimum Gasteiger partial charge on any atom is -0.495 e. The molecule has 31 heavy (non-hydrogen) atoms. The number of aromatic amines is 1. The van der Waals surface area contributed by atoms with Crippen LogP contribution in [0, 0.1) is 11.3 Å². The average Bonchev–Trinajstić information content (AvgIpc) is 3.25. The molecule has 158 valence electrons. The minimum atomic E-state index is -0.609. The van der Waals surface area contributed by atoms with Gasteiger partial charge in [-0.25, -0.2) is 0 Å². The Kier molecular flexibility index (Phi) is 6.80. The molecule has 3 aromatic rings. The SMILES string of the molecule is COc1ccc(Cl)cc1NC(=O)C(C#N)=Cc1cn[nH]c1-c1ccc(OC)c(OC)c1. The first kappa shape index (κ1) is 21.7. The van der Waals surface area contributed by atoms with Crippen LogP contribution in [0.15, 0.2) is 48.2 Å². The molecular formula is C22H19ClN4O4. The normalized spacial score (nSPS) is 10.9. The van der Waals surface area contributed by atoms with Gasteiger partial charge in [0.25, 0.3) is 5.91 Å². The highest BCUT2D eigenvalue weighted by Crippen LogP contribution is 2.33. The van der Waals surface area contributed by atoms with Gasteiger partial charge in [-0.1, -0.05) is 11.6 Å². The monoisotopic (exact) mass is 438 g/mol. The van der Waals surface area contributed by atoms with Gasteiger partial charge in [0.05, 0.1) is 38.9 Å². The van der Waals surface area contributed by atoms with Gasteiger partial charge in [-0.2, -0.15) is 10.4 Å². The number of nitrogens with zero attached hydrogens (tertiary/aromatic N) is 2. The van der Waals surface area contributed by atoms with Crippen molar-refractivity contribution in [2.24, 2.45) is 0 Å². The van der Waals surface area contributed by atoms with E-state index in [1.54, 1.807) is 37.4 Å². The molecule has 0 spiro atoms. The summed E-state index contributed by atoms with van der Waals surface area (Å²) < 4.78 is 15.8. The van der Waals surface area contributed by atoms with Crippen LogP contribution >= 0.6 is 11.6 Å². The molecule has 0 unspecified atom stereocenters. The number of carbonyl (C=O) groups is 1. The summed E-state index contributed by atoms with van der Waals surface area (Å²) in [7, 11) is 4.56. The quantitative estimate of drug-likeness (QED) is 0.420. The number of rotatable bonds is 7. The fraction of sp³-hybridized carbons (Fsp3) is 0.136. The molecule has 0 aliphatic heterocycles.